The van der Waals surface area contributed by atoms with Gasteiger partial charge in [-0.15, -0.1) is 0 Å². The molecule has 0 saturated carbocycles. The van der Waals surface area contributed by atoms with Crippen molar-refractivity contribution in [2.75, 3.05) is 17.2 Å². The molecule has 3 nitrogen and oxygen atoms in total. The molecule has 1 unspecified atom stereocenters. The van der Waals surface area contributed by atoms with E-state index in [9.17, 15) is 0 Å². The number of nitrogens with zero attached hydrogens (tertiary/aromatic N) is 2. The minimum absolute atomic E-state index is 0.583. The molecule has 1 atom stereocenters. The summed E-state index contributed by atoms with van der Waals surface area (Å²) in [6.45, 7) is 3.28. The van der Waals surface area contributed by atoms with Crippen LogP contribution in [-0.2, 0) is 0 Å². The number of nitrogens with two attached hydrogens (primary N) is 1. The predicted octanol–water partition coefficient (Wildman–Crippen LogP) is 3.30. The SMILES string of the molecule is CCCC1CCCCN1c1cccc(C#N)c1N. The van der Waals surface area contributed by atoms with Crippen LogP contribution in [0.15, 0.2) is 18.2 Å². The van der Waals surface area contributed by atoms with E-state index in [1.54, 1.807) is 6.07 Å². The van der Waals surface area contributed by atoms with E-state index in [2.05, 4.69) is 17.9 Å². The van der Waals surface area contributed by atoms with E-state index in [1.807, 2.05) is 12.1 Å². The van der Waals surface area contributed by atoms with Crippen molar-refractivity contribution in [2.45, 2.75) is 45.1 Å². The highest BCUT2D eigenvalue weighted by atomic mass is 15.2. The minimum atomic E-state index is 0.583. The molecule has 0 spiro atoms. The molecule has 0 aromatic heterocycles. The first-order chi connectivity index (χ1) is 8.77. The highest BCUT2D eigenvalue weighted by Gasteiger charge is 2.23. The molecule has 1 aromatic rings. The van der Waals surface area contributed by atoms with Crippen molar-refractivity contribution in [3.8, 4) is 6.07 Å². The van der Waals surface area contributed by atoms with Crippen molar-refractivity contribution in [2.24, 2.45) is 0 Å². The fourth-order valence-electron chi connectivity index (χ4n) is 2.85. The van der Waals surface area contributed by atoms with E-state index in [0.29, 0.717) is 17.3 Å². The Bertz CT molecular complexity index is 446. The van der Waals surface area contributed by atoms with E-state index < -0.39 is 0 Å². The second-order valence-corrected chi connectivity index (χ2v) is 4.98. The average Bonchev–Trinajstić information content (AvgIpc) is 2.40. The van der Waals surface area contributed by atoms with Crippen LogP contribution in [-0.4, -0.2) is 12.6 Å². The van der Waals surface area contributed by atoms with Gasteiger partial charge in [0.1, 0.15) is 6.07 Å². The van der Waals surface area contributed by atoms with Gasteiger partial charge in [-0.3, -0.25) is 0 Å². The summed E-state index contributed by atoms with van der Waals surface area (Å²) in [5.74, 6) is 0. The van der Waals surface area contributed by atoms with Gasteiger partial charge in [0.2, 0.25) is 0 Å². The molecule has 2 N–H and O–H groups in total. The molecule has 3 heteroatoms. The number of hydrogen-bond acceptors (Lipinski definition) is 3. The van der Waals surface area contributed by atoms with Crippen LogP contribution in [0.25, 0.3) is 0 Å². The predicted molar refractivity (Wildman–Crippen MR) is 75.5 cm³/mol. The Kier molecular flexibility index (Phi) is 4.09. The number of nitriles is 1. The van der Waals surface area contributed by atoms with E-state index >= 15 is 0 Å². The van der Waals surface area contributed by atoms with Crippen molar-refractivity contribution >= 4 is 11.4 Å². The maximum Gasteiger partial charge on any atom is 0.101 e. The van der Waals surface area contributed by atoms with E-state index in [0.717, 1.165) is 12.2 Å². The Morgan fingerprint density at radius 3 is 3.00 bits per heavy atom. The maximum absolute atomic E-state index is 9.06. The van der Waals surface area contributed by atoms with Gasteiger partial charge in [0.15, 0.2) is 0 Å². The number of para-hydroxylation sites is 1. The number of anilines is 2. The third-order valence-electron chi connectivity index (χ3n) is 3.76. The van der Waals surface area contributed by atoms with Crippen molar-refractivity contribution in [1.82, 2.24) is 0 Å². The molecule has 18 heavy (non-hydrogen) atoms. The van der Waals surface area contributed by atoms with Gasteiger partial charge in [0.25, 0.3) is 0 Å². The Morgan fingerprint density at radius 1 is 1.44 bits per heavy atom. The minimum Gasteiger partial charge on any atom is -0.396 e. The molecular formula is C15H21N3. The summed E-state index contributed by atoms with van der Waals surface area (Å²) in [5, 5.41) is 9.06. The molecule has 1 aliphatic rings. The topological polar surface area (TPSA) is 53.0 Å². The summed E-state index contributed by atoms with van der Waals surface area (Å²) < 4.78 is 0. The van der Waals surface area contributed by atoms with Gasteiger partial charge in [-0.25, -0.2) is 0 Å². The van der Waals surface area contributed by atoms with E-state index in [1.165, 1.54) is 32.1 Å². The van der Waals surface area contributed by atoms with Crippen LogP contribution in [0.4, 0.5) is 11.4 Å². The molecule has 96 valence electrons. The van der Waals surface area contributed by atoms with Crippen molar-refractivity contribution in [3.05, 3.63) is 23.8 Å². The van der Waals surface area contributed by atoms with Gasteiger partial charge >= 0.3 is 0 Å². The molecule has 0 bridgehead atoms. The number of benzene rings is 1. The lowest BCUT2D eigenvalue weighted by Crippen LogP contribution is -2.39. The largest absolute Gasteiger partial charge is 0.396 e. The Labute approximate surface area is 109 Å². The highest BCUT2D eigenvalue weighted by Crippen LogP contribution is 2.32. The second-order valence-electron chi connectivity index (χ2n) is 4.98. The average molecular weight is 243 g/mol. The summed E-state index contributed by atoms with van der Waals surface area (Å²) in [4.78, 5) is 2.41. The summed E-state index contributed by atoms with van der Waals surface area (Å²) >= 11 is 0. The fourth-order valence-corrected chi connectivity index (χ4v) is 2.85. The fraction of sp³-hybridized carbons (Fsp3) is 0.533. The Morgan fingerprint density at radius 2 is 2.28 bits per heavy atom. The van der Waals surface area contributed by atoms with Gasteiger partial charge in [-0.1, -0.05) is 19.4 Å². The number of rotatable bonds is 3. The quantitative estimate of drug-likeness (QED) is 0.829. The lowest BCUT2D eigenvalue weighted by molar-refractivity contribution is 0.435. The zero-order chi connectivity index (χ0) is 13.0. The first-order valence-corrected chi connectivity index (χ1v) is 6.83. The van der Waals surface area contributed by atoms with Crippen LogP contribution in [0.1, 0.15) is 44.6 Å². The molecule has 0 amide bonds. The smallest absolute Gasteiger partial charge is 0.101 e. The summed E-state index contributed by atoms with van der Waals surface area (Å²) in [6, 6.07) is 8.52. The zero-order valence-corrected chi connectivity index (χ0v) is 11.0. The van der Waals surface area contributed by atoms with Crippen LogP contribution >= 0.6 is 0 Å². The maximum atomic E-state index is 9.06. The van der Waals surface area contributed by atoms with Gasteiger partial charge in [0, 0.05) is 12.6 Å². The van der Waals surface area contributed by atoms with E-state index in [4.69, 9.17) is 11.0 Å². The zero-order valence-electron chi connectivity index (χ0n) is 11.0. The van der Waals surface area contributed by atoms with Crippen LogP contribution in [0, 0.1) is 11.3 Å². The molecule has 1 fully saturated rings. The van der Waals surface area contributed by atoms with Crippen LogP contribution in [0.2, 0.25) is 0 Å². The number of piperidine rings is 1. The summed E-state index contributed by atoms with van der Waals surface area (Å²) in [6.07, 6.45) is 6.16. The Hall–Kier alpha value is -1.69. The molecular weight excluding hydrogens is 222 g/mol. The third kappa shape index (κ3) is 2.43. The van der Waals surface area contributed by atoms with Gasteiger partial charge in [-0.05, 0) is 37.8 Å². The normalized spacial score (nSPS) is 19.6. The molecule has 2 rings (SSSR count). The molecule has 1 aliphatic heterocycles. The molecule has 1 heterocycles. The first-order valence-electron chi connectivity index (χ1n) is 6.83. The first kappa shape index (κ1) is 12.8. The number of nitrogen functional groups attached to an aromatic ring is 1. The van der Waals surface area contributed by atoms with Crippen LogP contribution < -0.4 is 10.6 Å². The lowest BCUT2D eigenvalue weighted by atomic mass is 9.96. The monoisotopic (exact) mass is 243 g/mol. The standard InChI is InChI=1S/C15H21N3/c1-2-6-13-8-3-4-10-18(13)14-9-5-7-12(11-16)15(14)17/h5,7,9,13H,2-4,6,8,10,17H2,1H3. The van der Waals surface area contributed by atoms with Crippen molar-refractivity contribution in [3.63, 3.8) is 0 Å². The van der Waals surface area contributed by atoms with Crippen LogP contribution in [0.5, 0.6) is 0 Å². The van der Waals surface area contributed by atoms with Crippen molar-refractivity contribution in [1.29, 1.82) is 5.26 Å². The molecule has 0 aliphatic carbocycles. The van der Waals surface area contributed by atoms with Gasteiger partial charge in [-0.2, -0.15) is 5.26 Å². The Balaban J connectivity index is 2.31. The van der Waals surface area contributed by atoms with Crippen molar-refractivity contribution < 1.29 is 0 Å². The lowest BCUT2D eigenvalue weighted by Gasteiger charge is -2.38. The summed E-state index contributed by atoms with van der Waals surface area (Å²) in [7, 11) is 0. The van der Waals surface area contributed by atoms with Gasteiger partial charge in [0.05, 0.1) is 16.9 Å². The molecule has 0 radical (unpaired) electrons. The number of hydrogen-bond donors (Lipinski definition) is 1. The molecule has 1 aromatic carbocycles. The second kappa shape index (κ2) is 5.77. The van der Waals surface area contributed by atoms with Crippen LogP contribution in [0.3, 0.4) is 0 Å². The van der Waals surface area contributed by atoms with Gasteiger partial charge < -0.3 is 10.6 Å². The summed E-state index contributed by atoms with van der Waals surface area (Å²) in [5.41, 5.74) is 8.40. The molecule has 1 saturated heterocycles. The van der Waals surface area contributed by atoms with E-state index in [-0.39, 0.29) is 0 Å². The third-order valence-corrected chi connectivity index (χ3v) is 3.76. The highest BCUT2D eigenvalue weighted by molar-refractivity contribution is 5.74.